The van der Waals surface area contributed by atoms with E-state index in [1.807, 2.05) is 72.8 Å². The van der Waals surface area contributed by atoms with Crippen molar-refractivity contribution in [2.24, 2.45) is 0 Å². The molecule has 0 aromatic heterocycles. The average molecular weight is 736 g/mol. The van der Waals surface area contributed by atoms with Crippen LogP contribution >= 0.6 is 0 Å². The maximum Gasteiger partial charge on any atom is 0.417 e. The molecule has 10 heteroatoms. The van der Waals surface area contributed by atoms with E-state index >= 15 is 0 Å². The number of para-hydroxylation sites is 2. The van der Waals surface area contributed by atoms with Gasteiger partial charge in [-0.3, -0.25) is 25.4 Å². The van der Waals surface area contributed by atoms with Gasteiger partial charge in [0.15, 0.2) is 0 Å². The number of benzene rings is 8. The van der Waals surface area contributed by atoms with Crippen molar-refractivity contribution in [2.75, 3.05) is 10.6 Å². The second kappa shape index (κ2) is 13.9. The van der Waals surface area contributed by atoms with Crippen molar-refractivity contribution in [3.8, 4) is 33.8 Å². The summed E-state index contributed by atoms with van der Waals surface area (Å²) in [7, 11) is 0. The molecular weight excluding hydrogens is 707 g/mol. The number of carbonyl (C=O) groups is 4. The highest BCUT2D eigenvalue weighted by Crippen LogP contribution is 2.49. The lowest BCUT2D eigenvalue weighted by Gasteiger charge is -2.20. The third-order valence-electron chi connectivity index (χ3n) is 9.80. The van der Waals surface area contributed by atoms with Crippen LogP contribution in [0.1, 0.15) is 20.7 Å². The molecule has 1 aliphatic heterocycles. The minimum atomic E-state index is -0.964. The molecule has 270 valence electrons. The third-order valence-corrected chi connectivity index (χ3v) is 9.80. The van der Waals surface area contributed by atoms with Crippen molar-refractivity contribution in [3.05, 3.63) is 169 Å². The van der Waals surface area contributed by atoms with E-state index in [1.54, 1.807) is 84.9 Å². The first kappa shape index (κ1) is 34.0. The Bertz CT molecular complexity index is 2730. The van der Waals surface area contributed by atoms with Crippen LogP contribution in [0.2, 0.25) is 0 Å². The molecular formula is C46H29N3O7. The first-order valence-corrected chi connectivity index (χ1v) is 17.7. The van der Waals surface area contributed by atoms with Crippen LogP contribution < -0.4 is 20.1 Å². The molecule has 0 spiro atoms. The van der Waals surface area contributed by atoms with Gasteiger partial charge in [0.1, 0.15) is 11.5 Å². The summed E-state index contributed by atoms with van der Waals surface area (Å²) in [6, 6.07) is 46.7. The summed E-state index contributed by atoms with van der Waals surface area (Å²) in [5.74, 6) is -1.71. The van der Waals surface area contributed by atoms with Crippen LogP contribution in [-0.4, -0.2) is 34.3 Å². The van der Waals surface area contributed by atoms with Gasteiger partial charge in [-0.05, 0) is 45.8 Å². The molecule has 0 atom stereocenters. The number of rotatable bonds is 6. The summed E-state index contributed by atoms with van der Waals surface area (Å²) in [5.41, 5.74) is 2.09. The van der Waals surface area contributed by atoms with Gasteiger partial charge < -0.3 is 9.47 Å². The molecule has 4 amide bonds. The Hall–Kier alpha value is -7.82. The van der Waals surface area contributed by atoms with Crippen LogP contribution in [0.15, 0.2) is 158 Å². The van der Waals surface area contributed by atoms with Crippen LogP contribution in [0, 0.1) is 0 Å². The van der Waals surface area contributed by atoms with Crippen LogP contribution in [0.25, 0.3) is 54.6 Å². The minimum Gasteiger partial charge on any atom is -0.409 e. The van der Waals surface area contributed by atoms with E-state index in [0.717, 1.165) is 21.5 Å². The molecule has 0 unspecified atom stereocenters. The van der Waals surface area contributed by atoms with Crippen LogP contribution in [0.5, 0.6) is 11.5 Å². The highest BCUT2D eigenvalue weighted by molar-refractivity contribution is 6.31. The molecule has 8 aromatic rings. The lowest BCUT2D eigenvalue weighted by molar-refractivity contribution is -0.0326. The molecule has 0 saturated carbocycles. The first-order chi connectivity index (χ1) is 27.4. The molecule has 9 rings (SSSR count). The van der Waals surface area contributed by atoms with E-state index in [2.05, 4.69) is 10.6 Å². The number of fused-ring (bicyclic) bond motifs is 4. The fourth-order valence-electron chi connectivity index (χ4n) is 7.39. The van der Waals surface area contributed by atoms with E-state index in [-0.39, 0.29) is 38.8 Å². The number of hydrogen-bond donors (Lipinski definition) is 3. The molecule has 1 aliphatic rings. The fourth-order valence-corrected chi connectivity index (χ4v) is 7.39. The van der Waals surface area contributed by atoms with Crippen molar-refractivity contribution < 1.29 is 33.9 Å². The van der Waals surface area contributed by atoms with E-state index in [1.165, 1.54) is 0 Å². The molecule has 10 nitrogen and oxygen atoms in total. The Morgan fingerprint density at radius 2 is 0.786 bits per heavy atom. The quantitative estimate of drug-likeness (QED) is 0.114. The Balaban J connectivity index is 1.15. The van der Waals surface area contributed by atoms with Crippen molar-refractivity contribution in [3.63, 3.8) is 0 Å². The van der Waals surface area contributed by atoms with Gasteiger partial charge in [-0.15, -0.1) is 5.06 Å². The van der Waals surface area contributed by atoms with Gasteiger partial charge in [-0.1, -0.05) is 133 Å². The molecule has 0 bridgehead atoms. The average Bonchev–Trinajstić information content (AvgIpc) is 3.44. The van der Waals surface area contributed by atoms with Gasteiger partial charge in [-0.25, -0.2) is 9.59 Å². The van der Waals surface area contributed by atoms with Gasteiger partial charge in [0.25, 0.3) is 11.8 Å². The van der Waals surface area contributed by atoms with E-state index in [4.69, 9.17) is 9.47 Å². The molecule has 0 aliphatic carbocycles. The number of nitrogens with one attached hydrogen (secondary N) is 2. The van der Waals surface area contributed by atoms with Crippen molar-refractivity contribution in [1.29, 1.82) is 0 Å². The summed E-state index contributed by atoms with van der Waals surface area (Å²) in [4.78, 5) is 54.8. The maximum atomic E-state index is 13.9. The molecule has 8 aromatic carbocycles. The zero-order valence-corrected chi connectivity index (χ0v) is 29.4. The van der Waals surface area contributed by atoms with E-state index in [0.29, 0.717) is 33.3 Å². The highest BCUT2D eigenvalue weighted by Gasteiger charge is 2.42. The van der Waals surface area contributed by atoms with Crippen molar-refractivity contribution in [2.45, 2.75) is 0 Å². The standard InChI is InChI=1S/C46H29N3O7/c50-43-41-39(33-21-7-9-25-37(33)55-45(52)47-35-23-11-15-27-13-1-3-17-29(27)35)31-19-5-6-20-32(31)40(42(41)44(51)49(43)54)34-22-8-10-26-38(34)56-46(53)48-36-24-12-16-28-14-2-4-18-30(28)36/h1-26,54H,(H,47,52)(H,48,53). The normalized spacial score (nSPS) is 12.2. The second-order valence-electron chi connectivity index (χ2n) is 13.0. The Kier molecular flexibility index (Phi) is 8.41. The maximum absolute atomic E-state index is 13.9. The topological polar surface area (TPSA) is 134 Å². The smallest absolute Gasteiger partial charge is 0.409 e. The first-order valence-electron chi connectivity index (χ1n) is 17.7. The predicted molar refractivity (Wildman–Crippen MR) is 214 cm³/mol. The van der Waals surface area contributed by atoms with E-state index < -0.39 is 24.0 Å². The zero-order chi connectivity index (χ0) is 38.3. The van der Waals surface area contributed by atoms with Gasteiger partial charge in [0.05, 0.1) is 22.5 Å². The number of amides is 4. The molecule has 56 heavy (non-hydrogen) atoms. The number of imide groups is 1. The summed E-state index contributed by atoms with van der Waals surface area (Å²) < 4.78 is 11.8. The Morgan fingerprint density at radius 1 is 0.429 bits per heavy atom. The number of carbonyl (C=O) groups excluding carboxylic acids is 4. The SMILES string of the molecule is O=C(Nc1cccc2ccccc12)Oc1ccccc1-c1c2c(c(-c3ccccc3OC(=O)Nc3cccc4ccccc34)c3ccccc13)C(=O)N(O)C2=O. The summed E-state index contributed by atoms with van der Waals surface area (Å²) >= 11 is 0. The van der Waals surface area contributed by atoms with Crippen LogP contribution in [-0.2, 0) is 0 Å². The number of ether oxygens (including phenoxy) is 2. The highest BCUT2D eigenvalue weighted by atomic mass is 16.6. The van der Waals surface area contributed by atoms with Crippen molar-refractivity contribution in [1.82, 2.24) is 5.06 Å². The Labute approximate surface area is 319 Å². The lowest BCUT2D eigenvalue weighted by atomic mass is 9.84. The molecule has 0 saturated heterocycles. The van der Waals surface area contributed by atoms with Gasteiger partial charge >= 0.3 is 12.2 Å². The number of hydroxylamine groups is 2. The third kappa shape index (κ3) is 5.83. The number of nitrogens with zero attached hydrogens (tertiary/aromatic N) is 1. The lowest BCUT2D eigenvalue weighted by Crippen LogP contribution is -2.25. The van der Waals surface area contributed by atoms with Gasteiger partial charge in [0.2, 0.25) is 0 Å². The summed E-state index contributed by atoms with van der Waals surface area (Å²) in [6.07, 6.45) is -1.55. The van der Waals surface area contributed by atoms with E-state index in [9.17, 15) is 24.4 Å². The number of hydrogen-bond acceptors (Lipinski definition) is 7. The zero-order valence-electron chi connectivity index (χ0n) is 29.4. The van der Waals surface area contributed by atoms with Crippen molar-refractivity contribution >= 4 is 67.7 Å². The fraction of sp³-hybridized carbons (Fsp3) is 0. The Morgan fingerprint density at radius 3 is 1.23 bits per heavy atom. The van der Waals surface area contributed by atoms with Gasteiger partial charge in [0, 0.05) is 33.0 Å². The molecule has 3 N–H and O–H groups in total. The summed E-state index contributed by atoms with van der Waals surface area (Å²) in [6.45, 7) is 0. The number of anilines is 2. The predicted octanol–water partition coefficient (Wildman–Crippen LogP) is 10.7. The van der Waals surface area contributed by atoms with Crippen LogP contribution in [0.4, 0.5) is 21.0 Å². The van der Waals surface area contributed by atoms with Crippen LogP contribution in [0.3, 0.4) is 0 Å². The summed E-state index contributed by atoms with van der Waals surface area (Å²) in [5, 5.41) is 21.2. The largest absolute Gasteiger partial charge is 0.417 e. The second-order valence-corrected chi connectivity index (χ2v) is 13.0. The molecule has 1 heterocycles. The monoisotopic (exact) mass is 735 g/mol. The molecule has 0 fully saturated rings. The van der Waals surface area contributed by atoms with Gasteiger partial charge in [-0.2, -0.15) is 0 Å². The molecule has 0 radical (unpaired) electrons. The minimum absolute atomic E-state index is 0.0733.